The smallest absolute Gasteiger partial charge is 0.242 e. The molecule has 0 aliphatic heterocycles. The fraction of sp³-hybridized carbons (Fsp3) is 0.167. The number of aryl methyl sites for hydroxylation is 1. The second kappa shape index (κ2) is 5.74. The molecule has 3 N–H and O–H groups in total. The van der Waals surface area contributed by atoms with Gasteiger partial charge in [-0.2, -0.15) is 0 Å². The molecule has 0 spiro atoms. The van der Waals surface area contributed by atoms with Crippen molar-refractivity contribution in [3.8, 4) is 0 Å². The molecule has 2 aromatic heterocycles. The van der Waals surface area contributed by atoms with Crippen LogP contribution in [0.25, 0.3) is 0 Å². The third-order valence-corrected chi connectivity index (χ3v) is 4.41. The maximum absolute atomic E-state index is 12.1. The molecule has 2 aromatic rings. The molecule has 0 saturated carbocycles. The fourth-order valence-electron chi connectivity index (χ4n) is 1.53. The van der Waals surface area contributed by atoms with Crippen molar-refractivity contribution in [1.29, 1.82) is 0 Å². The Labute approximate surface area is 122 Å². The van der Waals surface area contributed by atoms with E-state index in [4.69, 9.17) is 17.3 Å². The summed E-state index contributed by atoms with van der Waals surface area (Å²) in [5.74, 6) is 0.0931. The predicted molar refractivity (Wildman–Crippen MR) is 76.7 cm³/mol. The first kappa shape index (κ1) is 14.7. The number of nitrogen functional groups attached to an aromatic ring is 1. The molecule has 0 aliphatic rings. The lowest BCUT2D eigenvalue weighted by atomic mass is 10.2. The molecule has 6 nitrogen and oxygen atoms in total. The van der Waals surface area contributed by atoms with Crippen LogP contribution in [-0.2, 0) is 16.6 Å². The van der Waals surface area contributed by atoms with Crippen LogP contribution in [0.5, 0.6) is 0 Å². The van der Waals surface area contributed by atoms with E-state index in [-0.39, 0.29) is 22.3 Å². The van der Waals surface area contributed by atoms with Gasteiger partial charge in [0.2, 0.25) is 10.0 Å². The van der Waals surface area contributed by atoms with Crippen LogP contribution in [0.1, 0.15) is 11.1 Å². The summed E-state index contributed by atoms with van der Waals surface area (Å²) in [6.45, 7) is 2.02. The Morgan fingerprint density at radius 3 is 2.80 bits per heavy atom. The van der Waals surface area contributed by atoms with Gasteiger partial charge in [-0.15, -0.1) is 0 Å². The summed E-state index contributed by atoms with van der Waals surface area (Å²) in [6, 6.07) is 3.03. The lowest BCUT2D eigenvalue weighted by Crippen LogP contribution is -2.24. The monoisotopic (exact) mass is 312 g/mol. The first-order valence-electron chi connectivity index (χ1n) is 5.70. The van der Waals surface area contributed by atoms with E-state index in [0.29, 0.717) is 0 Å². The van der Waals surface area contributed by atoms with E-state index in [1.165, 1.54) is 12.3 Å². The Morgan fingerprint density at radius 1 is 1.40 bits per heavy atom. The highest BCUT2D eigenvalue weighted by Gasteiger charge is 2.16. The highest BCUT2D eigenvalue weighted by atomic mass is 35.5. The van der Waals surface area contributed by atoms with E-state index in [1.54, 1.807) is 18.5 Å². The molecule has 0 aromatic carbocycles. The fourth-order valence-corrected chi connectivity index (χ4v) is 2.74. The van der Waals surface area contributed by atoms with E-state index >= 15 is 0 Å². The van der Waals surface area contributed by atoms with Crippen molar-refractivity contribution in [2.45, 2.75) is 18.4 Å². The number of nitrogens with one attached hydrogen (secondary N) is 1. The van der Waals surface area contributed by atoms with Crippen LogP contribution >= 0.6 is 11.6 Å². The molecule has 0 unspecified atom stereocenters. The molecule has 0 amide bonds. The van der Waals surface area contributed by atoms with Crippen molar-refractivity contribution < 1.29 is 8.42 Å². The zero-order chi connectivity index (χ0) is 14.8. The molecule has 2 heterocycles. The van der Waals surface area contributed by atoms with Crippen LogP contribution in [0.3, 0.4) is 0 Å². The summed E-state index contributed by atoms with van der Waals surface area (Å²) >= 11 is 5.77. The number of hydrogen-bond donors (Lipinski definition) is 2. The molecule has 106 valence electrons. The van der Waals surface area contributed by atoms with Crippen LogP contribution in [0, 0.1) is 6.92 Å². The topological polar surface area (TPSA) is 98.0 Å². The number of anilines is 1. The summed E-state index contributed by atoms with van der Waals surface area (Å²) < 4.78 is 26.7. The van der Waals surface area contributed by atoms with Gasteiger partial charge in [-0.25, -0.2) is 18.1 Å². The highest BCUT2D eigenvalue weighted by Crippen LogP contribution is 2.20. The van der Waals surface area contributed by atoms with Gasteiger partial charge in [0.05, 0.1) is 5.02 Å². The van der Waals surface area contributed by atoms with Crippen LogP contribution in [-0.4, -0.2) is 18.4 Å². The molecule has 0 atom stereocenters. The summed E-state index contributed by atoms with van der Waals surface area (Å²) in [7, 11) is -3.69. The Hall–Kier alpha value is -1.70. The standard InChI is InChI=1S/C12H13ClN4O2S/c1-8-5-15-3-2-9(8)6-17-20(18,19)10-4-11(13)12(14)16-7-10/h2-5,7,17H,6H2,1H3,(H2,14,16). The lowest BCUT2D eigenvalue weighted by Gasteiger charge is -2.09. The minimum absolute atomic E-state index is 0.0246. The zero-order valence-corrected chi connectivity index (χ0v) is 12.2. The van der Waals surface area contributed by atoms with Crippen LogP contribution < -0.4 is 10.5 Å². The first-order chi connectivity index (χ1) is 9.40. The summed E-state index contributed by atoms with van der Waals surface area (Å²) in [4.78, 5) is 7.66. The predicted octanol–water partition coefficient (Wildman–Crippen LogP) is 1.50. The molecule has 8 heteroatoms. The van der Waals surface area contributed by atoms with Gasteiger partial charge in [0.1, 0.15) is 10.7 Å². The minimum atomic E-state index is -3.69. The molecular formula is C12H13ClN4O2S. The molecule has 0 radical (unpaired) electrons. The van der Waals surface area contributed by atoms with Gasteiger partial charge in [-0.1, -0.05) is 11.6 Å². The summed E-state index contributed by atoms with van der Waals surface area (Å²) in [6.07, 6.45) is 4.45. The zero-order valence-electron chi connectivity index (χ0n) is 10.7. The van der Waals surface area contributed by atoms with Crippen molar-refractivity contribution in [2.24, 2.45) is 0 Å². The van der Waals surface area contributed by atoms with Gasteiger partial charge in [0, 0.05) is 25.1 Å². The van der Waals surface area contributed by atoms with E-state index in [0.717, 1.165) is 11.1 Å². The van der Waals surface area contributed by atoms with E-state index < -0.39 is 10.0 Å². The van der Waals surface area contributed by atoms with Gasteiger partial charge >= 0.3 is 0 Å². The van der Waals surface area contributed by atoms with E-state index in [1.807, 2.05) is 6.92 Å². The minimum Gasteiger partial charge on any atom is -0.382 e. The van der Waals surface area contributed by atoms with Gasteiger partial charge in [0.25, 0.3) is 0 Å². The van der Waals surface area contributed by atoms with Crippen molar-refractivity contribution in [3.63, 3.8) is 0 Å². The Bertz CT molecular complexity index is 734. The van der Waals surface area contributed by atoms with Crippen LogP contribution in [0.2, 0.25) is 5.02 Å². The number of pyridine rings is 2. The van der Waals surface area contributed by atoms with Gasteiger partial charge in [0.15, 0.2) is 0 Å². The molecular weight excluding hydrogens is 300 g/mol. The molecule has 2 rings (SSSR count). The number of nitrogens with zero attached hydrogens (tertiary/aromatic N) is 2. The number of rotatable bonds is 4. The first-order valence-corrected chi connectivity index (χ1v) is 7.56. The van der Waals surface area contributed by atoms with Crippen LogP contribution in [0.15, 0.2) is 35.6 Å². The van der Waals surface area contributed by atoms with Gasteiger partial charge < -0.3 is 5.73 Å². The van der Waals surface area contributed by atoms with E-state index in [2.05, 4.69) is 14.7 Å². The normalized spacial score (nSPS) is 11.5. The lowest BCUT2D eigenvalue weighted by molar-refractivity contribution is 0.581. The van der Waals surface area contributed by atoms with Crippen molar-refractivity contribution in [1.82, 2.24) is 14.7 Å². The molecule has 0 fully saturated rings. The van der Waals surface area contributed by atoms with Crippen molar-refractivity contribution in [3.05, 3.63) is 46.9 Å². The van der Waals surface area contributed by atoms with Gasteiger partial charge in [-0.05, 0) is 30.2 Å². The Morgan fingerprint density at radius 2 is 2.15 bits per heavy atom. The third-order valence-electron chi connectivity index (χ3n) is 2.74. The maximum atomic E-state index is 12.1. The highest BCUT2D eigenvalue weighted by molar-refractivity contribution is 7.89. The summed E-state index contributed by atoms with van der Waals surface area (Å²) in [5.41, 5.74) is 7.20. The number of sulfonamides is 1. The second-order valence-electron chi connectivity index (χ2n) is 4.16. The number of nitrogens with two attached hydrogens (primary N) is 1. The average molecular weight is 313 g/mol. The number of hydrogen-bond acceptors (Lipinski definition) is 5. The quantitative estimate of drug-likeness (QED) is 0.891. The molecule has 0 saturated heterocycles. The summed E-state index contributed by atoms with van der Waals surface area (Å²) in [5, 5.41) is 0.105. The third kappa shape index (κ3) is 3.24. The largest absolute Gasteiger partial charge is 0.382 e. The van der Waals surface area contributed by atoms with Crippen molar-refractivity contribution in [2.75, 3.05) is 5.73 Å². The number of aromatic nitrogens is 2. The van der Waals surface area contributed by atoms with Gasteiger partial charge in [-0.3, -0.25) is 4.98 Å². The Balaban J connectivity index is 2.19. The molecule has 0 aliphatic carbocycles. The Kier molecular flexibility index (Phi) is 4.22. The molecule has 0 bridgehead atoms. The van der Waals surface area contributed by atoms with Crippen molar-refractivity contribution >= 4 is 27.4 Å². The van der Waals surface area contributed by atoms with Crippen LogP contribution in [0.4, 0.5) is 5.82 Å². The molecule has 20 heavy (non-hydrogen) atoms. The average Bonchev–Trinajstić information content (AvgIpc) is 2.41. The maximum Gasteiger partial charge on any atom is 0.242 e. The SMILES string of the molecule is Cc1cnccc1CNS(=O)(=O)c1cnc(N)c(Cl)c1. The second-order valence-corrected chi connectivity index (χ2v) is 6.34. The van der Waals surface area contributed by atoms with E-state index in [9.17, 15) is 8.42 Å². The number of halogens is 1.